The number of hydrogen-bond acceptors (Lipinski definition) is 9. The molecule has 4 N–H and O–H groups in total. The molecule has 4 rings (SSSR count). The summed E-state index contributed by atoms with van der Waals surface area (Å²) in [5.74, 6) is -3.49. The standard InChI is InChI=1S/C31H50N4O10/c1-17-11-19(3-9-27(17)32-29(36)26-15-23(35(43)44)6-8-25(26)31(39)40)13-20-4-10-28(18(2)12-20)33-45-16-21-14-22(34(41)42)5-7-24(21)30(37)38/h17-28,33H,3-16H2,1-2H3,(H,32,36)(H,37,38)(H,39,40). The molecule has 0 aromatic rings. The van der Waals surface area contributed by atoms with Crippen LogP contribution in [0, 0.1) is 67.6 Å². The van der Waals surface area contributed by atoms with Crippen molar-refractivity contribution in [2.24, 2.45) is 47.3 Å². The Hall–Kier alpha value is -2.87. The van der Waals surface area contributed by atoms with Gasteiger partial charge in [0.25, 0.3) is 0 Å². The summed E-state index contributed by atoms with van der Waals surface area (Å²) in [4.78, 5) is 64.2. The number of amides is 1. The van der Waals surface area contributed by atoms with Gasteiger partial charge < -0.3 is 20.4 Å². The fourth-order valence-corrected chi connectivity index (χ4v) is 8.72. The minimum Gasteiger partial charge on any atom is -0.481 e. The second-order valence-electron chi connectivity index (χ2n) is 14.5. The molecule has 0 aromatic heterocycles. The molecule has 0 heterocycles. The van der Waals surface area contributed by atoms with Gasteiger partial charge in [0.2, 0.25) is 18.0 Å². The lowest BCUT2D eigenvalue weighted by atomic mass is 9.70. The van der Waals surface area contributed by atoms with Gasteiger partial charge in [-0.2, -0.15) is 5.48 Å². The van der Waals surface area contributed by atoms with Crippen molar-refractivity contribution in [2.45, 2.75) is 121 Å². The van der Waals surface area contributed by atoms with Crippen molar-refractivity contribution in [1.29, 1.82) is 0 Å². The van der Waals surface area contributed by atoms with Crippen LogP contribution in [0.25, 0.3) is 0 Å². The van der Waals surface area contributed by atoms with Crippen molar-refractivity contribution in [3.63, 3.8) is 0 Å². The third kappa shape index (κ3) is 9.11. The Bertz CT molecular complexity index is 1090. The Balaban J connectivity index is 1.19. The average Bonchev–Trinajstić information content (AvgIpc) is 2.99. The molecular formula is C31H50N4O10. The van der Waals surface area contributed by atoms with Gasteiger partial charge in [-0.05, 0) is 81.5 Å². The maximum atomic E-state index is 13.1. The smallest absolute Gasteiger partial charge is 0.307 e. The summed E-state index contributed by atoms with van der Waals surface area (Å²) >= 11 is 0. The van der Waals surface area contributed by atoms with E-state index in [0.717, 1.165) is 44.9 Å². The lowest BCUT2D eigenvalue weighted by Crippen LogP contribution is -2.50. The van der Waals surface area contributed by atoms with Crippen molar-refractivity contribution >= 4 is 17.8 Å². The third-order valence-corrected chi connectivity index (χ3v) is 11.4. The van der Waals surface area contributed by atoms with Crippen molar-refractivity contribution < 1.29 is 39.3 Å². The number of carboxylic acid groups (broad SMARTS) is 2. The van der Waals surface area contributed by atoms with E-state index in [4.69, 9.17) is 4.84 Å². The summed E-state index contributed by atoms with van der Waals surface area (Å²) in [6.07, 6.45) is 7.89. The van der Waals surface area contributed by atoms with E-state index in [1.807, 2.05) is 0 Å². The van der Waals surface area contributed by atoms with Crippen molar-refractivity contribution in [3.8, 4) is 0 Å². The highest BCUT2D eigenvalue weighted by Crippen LogP contribution is 2.40. The van der Waals surface area contributed by atoms with Gasteiger partial charge in [0.15, 0.2) is 0 Å². The topological polar surface area (TPSA) is 211 Å². The zero-order valence-electron chi connectivity index (χ0n) is 26.4. The summed E-state index contributed by atoms with van der Waals surface area (Å²) < 4.78 is 0. The summed E-state index contributed by atoms with van der Waals surface area (Å²) in [7, 11) is 0. The minimum atomic E-state index is -1.07. The summed E-state index contributed by atoms with van der Waals surface area (Å²) in [6.45, 7) is 4.44. The summed E-state index contributed by atoms with van der Waals surface area (Å²) in [5, 5.41) is 44.8. The van der Waals surface area contributed by atoms with Gasteiger partial charge in [0.1, 0.15) is 0 Å². The van der Waals surface area contributed by atoms with Crippen LogP contribution in [-0.2, 0) is 19.2 Å². The number of carbonyl (C=O) groups excluding carboxylic acids is 1. The van der Waals surface area contributed by atoms with Gasteiger partial charge in [-0.1, -0.05) is 13.8 Å². The third-order valence-electron chi connectivity index (χ3n) is 11.4. The Kier molecular flexibility index (Phi) is 12.1. The van der Waals surface area contributed by atoms with Gasteiger partial charge in [0, 0.05) is 53.5 Å². The molecule has 4 saturated carbocycles. The highest BCUT2D eigenvalue weighted by molar-refractivity contribution is 5.85. The highest BCUT2D eigenvalue weighted by atomic mass is 16.6. The van der Waals surface area contributed by atoms with E-state index in [0.29, 0.717) is 24.2 Å². The quantitative estimate of drug-likeness (QED) is 0.178. The van der Waals surface area contributed by atoms with Crippen molar-refractivity contribution in [1.82, 2.24) is 10.8 Å². The molecule has 45 heavy (non-hydrogen) atoms. The first-order chi connectivity index (χ1) is 21.3. The first kappa shape index (κ1) is 35.0. The molecule has 0 aromatic carbocycles. The van der Waals surface area contributed by atoms with E-state index in [1.54, 1.807) is 0 Å². The number of carbonyl (C=O) groups is 3. The van der Waals surface area contributed by atoms with Crippen LogP contribution >= 0.6 is 0 Å². The molecule has 12 unspecified atom stereocenters. The first-order valence-electron chi connectivity index (χ1n) is 16.7. The fourth-order valence-electron chi connectivity index (χ4n) is 8.72. The van der Waals surface area contributed by atoms with Crippen molar-refractivity contribution in [3.05, 3.63) is 20.2 Å². The number of aliphatic carboxylic acids is 2. The predicted octanol–water partition coefficient (Wildman–Crippen LogP) is 3.92. The van der Waals surface area contributed by atoms with E-state index in [2.05, 4.69) is 24.6 Å². The summed E-state index contributed by atoms with van der Waals surface area (Å²) in [5.41, 5.74) is 3.15. The fraction of sp³-hybridized carbons (Fsp3) is 0.903. The lowest BCUT2D eigenvalue weighted by molar-refractivity contribution is -0.528. The van der Waals surface area contributed by atoms with Crippen LogP contribution in [0.5, 0.6) is 0 Å². The minimum absolute atomic E-state index is 0.0359. The molecule has 0 radical (unpaired) electrons. The number of nitrogens with zero attached hydrogens (tertiary/aromatic N) is 2. The second-order valence-corrected chi connectivity index (χ2v) is 14.5. The molecule has 0 bridgehead atoms. The van der Waals surface area contributed by atoms with Gasteiger partial charge >= 0.3 is 11.9 Å². The Morgan fingerprint density at radius 1 is 0.711 bits per heavy atom. The van der Waals surface area contributed by atoms with Gasteiger partial charge in [-0.25, -0.2) is 0 Å². The number of carboxylic acids is 2. The van der Waals surface area contributed by atoms with E-state index in [1.165, 1.54) is 0 Å². The van der Waals surface area contributed by atoms with Crippen LogP contribution in [0.4, 0.5) is 0 Å². The maximum absolute atomic E-state index is 13.1. The number of hydrogen-bond donors (Lipinski definition) is 4. The van der Waals surface area contributed by atoms with Crippen LogP contribution in [0.3, 0.4) is 0 Å². The molecule has 0 spiro atoms. The second kappa shape index (κ2) is 15.6. The zero-order valence-corrected chi connectivity index (χ0v) is 26.4. The average molecular weight is 639 g/mol. The highest BCUT2D eigenvalue weighted by Gasteiger charge is 2.45. The molecule has 4 aliphatic rings. The molecule has 4 fully saturated rings. The molecule has 0 aliphatic heterocycles. The number of nitro groups is 2. The van der Waals surface area contributed by atoms with Crippen LogP contribution in [0.2, 0.25) is 0 Å². The Morgan fingerprint density at radius 3 is 1.78 bits per heavy atom. The van der Waals surface area contributed by atoms with Gasteiger partial charge in [-0.3, -0.25) is 34.6 Å². The SMILES string of the molecule is CC1CC(CC2CCC(NC(=O)C3CC([N+](=O)[O-])CCC3C(=O)O)C(C)C2)CCC1NOCC1CC([N+](=O)[O-])CCC1C(=O)O. The molecule has 14 heteroatoms. The van der Waals surface area contributed by atoms with Crippen LogP contribution in [0.1, 0.15) is 97.3 Å². The van der Waals surface area contributed by atoms with Crippen LogP contribution in [-0.4, -0.2) is 68.7 Å². The molecule has 12 atom stereocenters. The normalized spacial score (nSPS) is 39.0. The van der Waals surface area contributed by atoms with E-state index in [-0.39, 0.29) is 67.5 Å². The Morgan fingerprint density at radius 2 is 1.24 bits per heavy atom. The van der Waals surface area contributed by atoms with E-state index in [9.17, 15) is 44.8 Å². The van der Waals surface area contributed by atoms with Crippen LogP contribution < -0.4 is 10.8 Å². The number of hydroxylamine groups is 1. The largest absolute Gasteiger partial charge is 0.481 e. The molecule has 4 aliphatic carbocycles. The molecule has 14 nitrogen and oxygen atoms in total. The molecule has 1 amide bonds. The summed E-state index contributed by atoms with van der Waals surface area (Å²) in [6, 6.07) is -1.54. The lowest BCUT2D eigenvalue weighted by Gasteiger charge is -2.40. The Labute approximate surface area is 263 Å². The van der Waals surface area contributed by atoms with Crippen LogP contribution in [0.15, 0.2) is 0 Å². The monoisotopic (exact) mass is 638 g/mol. The number of rotatable bonds is 12. The van der Waals surface area contributed by atoms with E-state index >= 15 is 0 Å². The van der Waals surface area contributed by atoms with Crippen molar-refractivity contribution in [2.75, 3.05) is 6.61 Å². The van der Waals surface area contributed by atoms with E-state index < -0.39 is 52.6 Å². The zero-order chi connectivity index (χ0) is 32.8. The molecule has 0 saturated heterocycles. The first-order valence-corrected chi connectivity index (χ1v) is 16.7. The number of nitrogens with one attached hydrogen (secondary N) is 2. The van der Waals surface area contributed by atoms with Gasteiger partial charge in [0.05, 0.1) is 24.4 Å². The van der Waals surface area contributed by atoms with Gasteiger partial charge in [-0.15, -0.1) is 0 Å². The maximum Gasteiger partial charge on any atom is 0.307 e. The molecule has 254 valence electrons. The predicted molar refractivity (Wildman–Crippen MR) is 161 cm³/mol. The molecular weight excluding hydrogens is 588 g/mol.